The lowest BCUT2D eigenvalue weighted by Gasteiger charge is -2.10. The first-order chi connectivity index (χ1) is 8.49. The summed E-state index contributed by atoms with van der Waals surface area (Å²) < 4.78 is 43.5. The second-order valence-corrected chi connectivity index (χ2v) is 3.46. The summed E-state index contributed by atoms with van der Waals surface area (Å²) in [5.74, 6) is -1.67. The summed E-state index contributed by atoms with van der Waals surface area (Å²) in [6, 6.07) is 0.932. The highest BCUT2D eigenvalue weighted by atomic mass is 19.3. The van der Waals surface area contributed by atoms with Crippen LogP contribution in [0.2, 0.25) is 0 Å². The average Bonchev–Trinajstić information content (AvgIpc) is 2.29. The Morgan fingerprint density at radius 1 is 1.56 bits per heavy atom. The molecule has 0 aliphatic heterocycles. The molecule has 1 aromatic heterocycles. The number of alkyl halides is 2. The fourth-order valence-corrected chi connectivity index (χ4v) is 1.41. The lowest BCUT2D eigenvalue weighted by Crippen LogP contribution is -2.14. The van der Waals surface area contributed by atoms with Crippen LogP contribution in [-0.2, 0) is 22.5 Å². The number of halogens is 3. The Morgan fingerprint density at radius 3 is 2.72 bits per heavy atom. The minimum absolute atomic E-state index is 0.113. The smallest absolute Gasteiger partial charge is 0.311 e. The molecule has 0 fully saturated rings. The van der Waals surface area contributed by atoms with E-state index in [1.165, 1.54) is 0 Å². The zero-order valence-electron chi connectivity index (χ0n) is 9.75. The predicted molar refractivity (Wildman–Crippen MR) is 57.4 cm³/mol. The van der Waals surface area contributed by atoms with Gasteiger partial charge in [-0.25, -0.2) is 13.8 Å². The van der Waals surface area contributed by atoms with E-state index in [0.29, 0.717) is 0 Å². The number of hydrogen-bond donors (Lipinski definition) is 1. The maximum Gasteiger partial charge on any atom is 0.311 e. The van der Waals surface area contributed by atoms with Crippen molar-refractivity contribution >= 4 is 5.97 Å². The molecule has 4 nitrogen and oxygen atoms in total. The van der Waals surface area contributed by atoms with Crippen molar-refractivity contribution < 1.29 is 22.7 Å². The monoisotopic (exact) mass is 262 g/mol. The van der Waals surface area contributed by atoms with Gasteiger partial charge in [-0.3, -0.25) is 4.79 Å². The van der Waals surface area contributed by atoms with Crippen molar-refractivity contribution in [1.82, 2.24) is 4.98 Å². The largest absolute Gasteiger partial charge is 0.466 e. The van der Waals surface area contributed by atoms with E-state index >= 15 is 0 Å². The predicted octanol–water partition coefficient (Wildman–Crippen LogP) is 1.72. The molecule has 100 valence electrons. The van der Waals surface area contributed by atoms with E-state index in [2.05, 4.69) is 9.72 Å². The van der Waals surface area contributed by atoms with E-state index in [-0.39, 0.29) is 24.4 Å². The molecule has 0 amide bonds. The molecule has 0 aromatic carbocycles. The molecule has 0 saturated heterocycles. The molecule has 0 aliphatic rings. The second-order valence-electron chi connectivity index (χ2n) is 3.46. The van der Waals surface area contributed by atoms with Crippen LogP contribution in [0.25, 0.3) is 0 Å². The summed E-state index contributed by atoms with van der Waals surface area (Å²) in [7, 11) is 0. The van der Waals surface area contributed by atoms with Gasteiger partial charge in [0.25, 0.3) is 6.43 Å². The zero-order chi connectivity index (χ0) is 13.7. The van der Waals surface area contributed by atoms with Crippen molar-refractivity contribution in [2.45, 2.75) is 26.3 Å². The highest BCUT2D eigenvalue weighted by Crippen LogP contribution is 2.24. The Kier molecular flexibility index (Phi) is 5.08. The molecule has 7 heteroatoms. The van der Waals surface area contributed by atoms with Gasteiger partial charge in [-0.1, -0.05) is 0 Å². The van der Waals surface area contributed by atoms with Gasteiger partial charge in [0.2, 0.25) is 5.95 Å². The number of aromatic nitrogens is 1. The Balaban J connectivity index is 3.09. The number of carbonyl (C=O) groups excluding carboxylic acids is 1. The number of rotatable bonds is 5. The zero-order valence-corrected chi connectivity index (χ0v) is 9.75. The van der Waals surface area contributed by atoms with E-state index < -0.39 is 30.3 Å². The van der Waals surface area contributed by atoms with E-state index in [9.17, 15) is 18.0 Å². The van der Waals surface area contributed by atoms with Crippen molar-refractivity contribution in [3.8, 4) is 0 Å². The Bertz CT molecular complexity index is 439. The SMILES string of the molecule is CCOC(=O)Cc1nc(F)c(CN)cc1C(F)F. The topological polar surface area (TPSA) is 65.2 Å². The molecule has 0 aliphatic carbocycles. The number of nitrogens with zero attached hydrogens (tertiary/aromatic N) is 1. The number of ether oxygens (including phenoxy) is 1. The fourth-order valence-electron chi connectivity index (χ4n) is 1.41. The molecule has 0 atom stereocenters. The van der Waals surface area contributed by atoms with Gasteiger partial charge in [0.05, 0.1) is 18.7 Å². The highest BCUT2D eigenvalue weighted by molar-refractivity contribution is 5.72. The summed E-state index contributed by atoms with van der Waals surface area (Å²) >= 11 is 0. The summed E-state index contributed by atoms with van der Waals surface area (Å²) in [5.41, 5.74) is 4.27. The number of carbonyl (C=O) groups is 1. The molecule has 18 heavy (non-hydrogen) atoms. The minimum Gasteiger partial charge on any atom is -0.466 e. The van der Waals surface area contributed by atoms with E-state index in [4.69, 9.17) is 5.73 Å². The molecule has 1 aromatic rings. The van der Waals surface area contributed by atoms with Crippen LogP contribution in [-0.4, -0.2) is 17.6 Å². The van der Waals surface area contributed by atoms with Crippen LogP contribution in [0.4, 0.5) is 13.2 Å². The molecule has 0 unspecified atom stereocenters. The molecular weight excluding hydrogens is 249 g/mol. The quantitative estimate of drug-likeness (QED) is 0.648. The summed E-state index contributed by atoms with van der Waals surface area (Å²) in [6.07, 6.45) is -3.34. The first-order valence-corrected chi connectivity index (χ1v) is 5.31. The van der Waals surface area contributed by atoms with Crippen LogP contribution in [0, 0.1) is 5.95 Å². The lowest BCUT2D eigenvalue weighted by molar-refractivity contribution is -0.142. The first kappa shape index (κ1) is 14.4. The van der Waals surface area contributed by atoms with Gasteiger partial charge in [0, 0.05) is 17.7 Å². The number of nitrogens with two attached hydrogens (primary N) is 1. The molecule has 0 saturated carbocycles. The standard InChI is InChI=1S/C11H13F3N2O2/c1-2-18-9(17)4-8-7(10(12)13)3-6(5-15)11(14)16-8/h3,10H,2,4-5,15H2,1H3. The highest BCUT2D eigenvalue weighted by Gasteiger charge is 2.20. The fraction of sp³-hybridized carbons (Fsp3) is 0.455. The van der Waals surface area contributed by atoms with Crippen molar-refractivity contribution in [1.29, 1.82) is 0 Å². The number of pyridine rings is 1. The molecule has 1 heterocycles. The van der Waals surface area contributed by atoms with Gasteiger partial charge < -0.3 is 10.5 Å². The van der Waals surface area contributed by atoms with Crippen molar-refractivity contribution in [2.75, 3.05) is 6.61 Å². The van der Waals surface area contributed by atoms with E-state index in [1.807, 2.05) is 0 Å². The van der Waals surface area contributed by atoms with Crippen molar-refractivity contribution in [3.05, 3.63) is 28.8 Å². The third-order valence-electron chi connectivity index (χ3n) is 2.23. The van der Waals surface area contributed by atoms with Gasteiger partial charge in [-0.05, 0) is 13.0 Å². The van der Waals surface area contributed by atoms with E-state index in [1.54, 1.807) is 6.92 Å². The van der Waals surface area contributed by atoms with Gasteiger partial charge in [-0.2, -0.15) is 4.39 Å². The number of esters is 1. The summed E-state index contributed by atoms with van der Waals surface area (Å²) in [5, 5.41) is 0. The van der Waals surface area contributed by atoms with Gasteiger partial charge in [0.1, 0.15) is 0 Å². The molecule has 0 spiro atoms. The Hall–Kier alpha value is -1.63. The summed E-state index contributed by atoms with van der Waals surface area (Å²) in [6.45, 7) is 1.46. The van der Waals surface area contributed by atoms with Crippen molar-refractivity contribution in [3.63, 3.8) is 0 Å². The first-order valence-electron chi connectivity index (χ1n) is 5.31. The lowest BCUT2D eigenvalue weighted by atomic mass is 10.1. The molecule has 1 rings (SSSR count). The molecular formula is C11H13F3N2O2. The van der Waals surface area contributed by atoms with Crippen LogP contribution in [0.3, 0.4) is 0 Å². The van der Waals surface area contributed by atoms with Crippen LogP contribution in [0.5, 0.6) is 0 Å². The van der Waals surface area contributed by atoms with Crippen LogP contribution >= 0.6 is 0 Å². The maximum absolute atomic E-state index is 13.3. The van der Waals surface area contributed by atoms with Crippen LogP contribution < -0.4 is 5.73 Å². The van der Waals surface area contributed by atoms with Gasteiger partial charge in [-0.15, -0.1) is 0 Å². The van der Waals surface area contributed by atoms with E-state index in [0.717, 1.165) is 6.07 Å². The third-order valence-corrected chi connectivity index (χ3v) is 2.23. The third kappa shape index (κ3) is 3.43. The Morgan fingerprint density at radius 2 is 2.22 bits per heavy atom. The minimum atomic E-state index is -2.85. The summed E-state index contributed by atoms with van der Waals surface area (Å²) in [4.78, 5) is 14.6. The molecule has 0 bridgehead atoms. The van der Waals surface area contributed by atoms with Crippen molar-refractivity contribution in [2.24, 2.45) is 5.73 Å². The van der Waals surface area contributed by atoms with Gasteiger partial charge in [0.15, 0.2) is 0 Å². The van der Waals surface area contributed by atoms with Gasteiger partial charge >= 0.3 is 5.97 Å². The number of hydrogen-bond acceptors (Lipinski definition) is 4. The Labute approximate surface area is 102 Å². The second kappa shape index (κ2) is 6.34. The molecule has 2 N–H and O–H groups in total. The van der Waals surface area contributed by atoms with Crippen LogP contribution in [0.1, 0.15) is 30.2 Å². The molecule has 0 radical (unpaired) electrons. The van der Waals surface area contributed by atoms with Crippen LogP contribution in [0.15, 0.2) is 6.07 Å². The maximum atomic E-state index is 13.3. The average molecular weight is 262 g/mol. The normalized spacial score (nSPS) is 10.8.